The summed E-state index contributed by atoms with van der Waals surface area (Å²) in [6.45, 7) is -0.396. The highest BCUT2D eigenvalue weighted by molar-refractivity contribution is 6.30. The number of likely N-dealkylation sites (tertiary alicyclic amines) is 1. The van der Waals surface area contributed by atoms with E-state index in [0.717, 1.165) is 12.3 Å². The van der Waals surface area contributed by atoms with Crippen LogP contribution in [0.25, 0.3) is 0 Å². The maximum Gasteiger partial charge on any atom is 0.416 e. The number of aromatic nitrogens is 1. The van der Waals surface area contributed by atoms with E-state index in [0.29, 0.717) is 12.8 Å². The Balaban J connectivity index is 2.05. The Kier molecular flexibility index (Phi) is 5.20. The molecule has 3 atom stereocenters. The smallest absolute Gasteiger partial charge is 0.416 e. The largest absolute Gasteiger partial charge is 0.465 e. The Morgan fingerprint density at radius 1 is 1.41 bits per heavy atom. The second-order valence-corrected chi connectivity index (χ2v) is 7.40. The molecule has 1 aliphatic heterocycles. The lowest BCUT2D eigenvalue weighted by Gasteiger charge is -2.40. The Labute approximate surface area is 157 Å². The molecule has 3 unspecified atom stereocenters. The molecule has 2 aliphatic rings. The van der Waals surface area contributed by atoms with E-state index in [1.54, 1.807) is 0 Å². The first-order chi connectivity index (χ1) is 12.6. The van der Waals surface area contributed by atoms with Crippen LogP contribution in [0.2, 0.25) is 5.15 Å². The Hall–Kier alpha value is -2.10. The van der Waals surface area contributed by atoms with Gasteiger partial charge in [-0.2, -0.15) is 13.2 Å². The predicted octanol–water partition coefficient (Wildman–Crippen LogP) is 3.75. The number of hydrogen-bond donors (Lipinski definition) is 1. The third-order valence-electron chi connectivity index (χ3n) is 5.61. The maximum absolute atomic E-state index is 13.5. The summed E-state index contributed by atoms with van der Waals surface area (Å²) < 4.78 is 40.6. The molecule has 2 bridgehead atoms. The number of hydrogen-bond acceptors (Lipinski definition) is 4. The molecule has 148 valence electrons. The molecular weight excluding hydrogens is 391 g/mol. The summed E-state index contributed by atoms with van der Waals surface area (Å²) in [5, 5.41) is 20.1. The van der Waals surface area contributed by atoms with Gasteiger partial charge < -0.3 is 10.0 Å². The Morgan fingerprint density at radius 3 is 2.48 bits per heavy atom. The van der Waals surface area contributed by atoms with E-state index in [1.807, 2.05) is 0 Å². The minimum atomic E-state index is -4.72. The molecule has 0 aromatic carbocycles. The van der Waals surface area contributed by atoms with Crippen LogP contribution < -0.4 is 0 Å². The van der Waals surface area contributed by atoms with E-state index in [2.05, 4.69) is 4.98 Å². The molecule has 7 nitrogen and oxygen atoms in total. The van der Waals surface area contributed by atoms with Crippen molar-refractivity contribution in [3.8, 4) is 0 Å². The number of amides is 1. The molecule has 1 saturated carbocycles. The number of nitrogens with zero attached hydrogens (tertiary/aromatic N) is 3. The number of halogens is 4. The lowest BCUT2D eigenvalue weighted by atomic mass is 9.72. The van der Waals surface area contributed by atoms with Crippen LogP contribution in [0.1, 0.15) is 29.9 Å². The van der Waals surface area contributed by atoms with E-state index >= 15 is 0 Å². The molecule has 1 amide bonds. The van der Waals surface area contributed by atoms with Gasteiger partial charge in [-0.25, -0.2) is 9.78 Å². The molecule has 0 radical (unpaired) electrons. The molecule has 27 heavy (non-hydrogen) atoms. The van der Waals surface area contributed by atoms with Gasteiger partial charge in [0.2, 0.25) is 6.54 Å². The van der Waals surface area contributed by atoms with Crippen LogP contribution in [0.5, 0.6) is 0 Å². The van der Waals surface area contributed by atoms with Crippen LogP contribution in [-0.2, 0) is 6.18 Å². The number of piperidine rings is 1. The van der Waals surface area contributed by atoms with E-state index in [4.69, 9.17) is 11.6 Å². The molecule has 3 rings (SSSR count). The number of pyridine rings is 1. The molecular formula is C16H17ClF3N3O4. The fraction of sp³-hybridized carbons (Fsp3) is 0.625. The fourth-order valence-corrected chi connectivity index (χ4v) is 4.99. The predicted molar refractivity (Wildman–Crippen MR) is 88.2 cm³/mol. The fourth-order valence-electron chi connectivity index (χ4n) is 4.69. The van der Waals surface area contributed by atoms with E-state index in [1.165, 1.54) is 4.90 Å². The van der Waals surface area contributed by atoms with Crippen molar-refractivity contribution in [2.45, 2.75) is 24.9 Å². The van der Waals surface area contributed by atoms with Crippen molar-refractivity contribution < 1.29 is 28.0 Å². The summed E-state index contributed by atoms with van der Waals surface area (Å²) in [4.78, 5) is 26.9. The van der Waals surface area contributed by atoms with Crippen molar-refractivity contribution in [1.29, 1.82) is 0 Å². The highest BCUT2D eigenvalue weighted by Crippen LogP contribution is 2.51. The minimum Gasteiger partial charge on any atom is -0.465 e. The number of alkyl halides is 3. The van der Waals surface area contributed by atoms with Gasteiger partial charge in [0.1, 0.15) is 5.15 Å². The third-order valence-corrected chi connectivity index (χ3v) is 5.91. The van der Waals surface area contributed by atoms with Gasteiger partial charge in [0.25, 0.3) is 0 Å². The summed E-state index contributed by atoms with van der Waals surface area (Å²) >= 11 is 5.99. The van der Waals surface area contributed by atoms with Crippen LogP contribution in [0.3, 0.4) is 0 Å². The molecule has 1 aromatic rings. The average Bonchev–Trinajstić information content (AvgIpc) is 2.80. The van der Waals surface area contributed by atoms with E-state index in [-0.39, 0.29) is 30.5 Å². The van der Waals surface area contributed by atoms with Crippen molar-refractivity contribution in [2.75, 3.05) is 19.6 Å². The quantitative estimate of drug-likeness (QED) is 0.466. The second kappa shape index (κ2) is 7.14. The van der Waals surface area contributed by atoms with Gasteiger partial charge in [-0.1, -0.05) is 11.6 Å². The summed E-state index contributed by atoms with van der Waals surface area (Å²) in [5.74, 6) is -2.02. The zero-order valence-corrected chi connectivity index (χ0v) is 14.8. The molecule has 1 aliphatic carbocycles. The van der Waals surface area contributed by atoms with Crippen molar-refractivity contribution in [1.82, 2.24) is 9.88 Å². The number of rotatable bonds is 4. The lowest BCUT2D eigenvalue weighted by molar-refractivity contribution is -0.485. The topological polar surface area (TPSA) is 96.6 Å². The van der Waals surface area contributed by atoms with E-state index < -0.39 is 46.3 Å². The van der Waals surface area contributed by atoms with Crippen molar-refractivity contribution in [3.05, 3.63) is 38.7 Å². The first kappa shape index (κ1) is 19.7. The van der Waals surface area contributed by atoms with Crippen LogP contribution in [0, 0.1) is 27.9 Å². The lowest BCUT2D eigenvalue weighted by Crippen LogP contribution is -2.47. The van der Waals surface area contributed by atoms with Gasteiger partial charge in [0.15, 0.2) is 0 Å². The standard InChI is InChI=1S/C16H17ClF3N3O4/c17-14-13(11(3-4-21-14)16(18,19)20)10(7-23(26)27)12-8-1-2-9(12)6-22(5-8)15(24)25/h3-4,8-10,12H,1-2,5-7H2,(H,24,25). The molecule has 11 heteroatoms. The van der Waals surface area contributed by atoms with Gasteiger partial charge in [0, 0.05) is 29.8 Å². The Bertz CT molecular complexity index is 747. The molecule has 1 aromatic heterocycles. The van der Waals surface area contributed by atoms with Gasteiger partial charge in [0.05, 0.1) is 11.5 Å². The summed E-state index contributed by atoms with van der Waals surface area (Å²) in [7, 11) is 0. The summed E-state index contributed by atoms with van der Waals surface area (Å²) in [5.41, 5.74) is -1.37. The molecule has 0 spiro atoms. The molecule has 2 fully saturated rings. The zero-order chi connectivity index (χ0) is 19.9. The third kappa shape index (κ3) is 3.80. The van der Waals surface area contributed by atoms with Crippen LogP contribution in [0.15, 0.2) is 12.3 Å². The van der Waals surface area contributed by atoms with Crippen LogP contribution >= 0.6 is 11.6 Å². The SMILES string of the molecule is O=C(O)N1CC2CCC(C1)C2C(C[N+](=O)[O-])c1c(C(F)(F)F)ccnc1Cl. The zero-order valence-electron chi connectivity index (χ0n) is 14.0. The first-order valence-electron chi connectivity index (χ1n) is 8.40. The number of carbonyl (C=O) groups is 1. The van der Waals surface area contributed by atoms with Gasteiger partial charge >= 0.3 is 12.3 Å². The van der Waals surface area contributed by atoms with Crippen molar-refractivity contribution in [2.24, 2.45) is 17.8 Å². The Morgan fingerprint density at radius 2 is 2.00 bits per heavy atom. The van der Waals surface area contributed by atoms with Crippen molar-refractivity contribution >= 4 is 17.7 Å². The molecule has 1 N–H and O–H groups in total. The maximum atomic E-state index is 13.5. The highest BCUT2D eigenvalue weighted by Gasteiger charge is 2.51. The van der Waals surface area contributed by atoms with Crippen LogP contribution in [-0.4, -0.2) is 45.6 Å². The normalized spacial score (nSPS) is 26.1. The van der Waals surface area contributed by atoms with Crippen molar-refractivity contribution in [3.63, 3.8) is 0 Å². The van der Waals surface area contributed by atoms with Gasteiger partial charge in [-0.3, -0.25) is 10.1 Å². The molecule has 1 saturated heterocycles. The average molecular weight is 408 g/mol. The second-order valence-electron chi connectivity index (χ2n) is 7.04. The van der Waals surface area contributed by atoms with Gasteiger partial charge in [-0.15, -0.1) is 0 Å². The summed E-state index contributed by atoms with van der Waals surface area (Å²) in [6.07, 6.45) is -3.65. The number of nitro groups is 1. The minimum absolute atomic E-state index is 0.157. The monoisotopic (exact) mass is 407 g/mol. The highest BCUT2D eigenvalue weighted by atomic mass is 35.5. The first-order valence-corrected chi connectivity index (χ1v) is 8.78. The molecule has 2 heterocycles. The van der Waals surface area contributed by atoms with Crippen LogP contribution in [0.4, 0.5) is 18.0 Å². The number of carboxylic acid groups (broad SMARTS) is 1. The summed E-state index contributed by atoms with van der Waals surface area (Å²) in [6, 6.07) is 0.780. The number of fused-ring (bicyclic) bond motifs is 2. The van der Waals surface area contributed by atoms with Gasteiger partial charge in [-0.05, 0) is 36.7 Å². The van der Waals surface area contributed by atoms with E-state index in [9.17, 15) is 33.2 Å².